The lowest BCUT2D eigenvalue weighted by Crippen LogP contribution is -2.15. The third-order valence-corrected chi connectivity index (χ3v) is 7.83. The second-order valence-electron chi connectivity index (χ2n) is 7.51. The number of nitrogens with one attached hydrogen (secondary N) is 1. The van der Waals surface area contributed by atoms with Crippen molar-refractivity contribution in [1.29, 1.82) is 0 Å². The second kappa shape index (κ2) is 8.50. The number of thioether (sulfide) groups is 1. The van der Waals surface area contributed by atoms with Gasteiger partial charge in [-0.15, -0.1) is 21.5 Å². The average Bonchev–Trinajstić information content (AvgIpc) is 3.26. The number of nitrogens with zero attached hydrogens (tertiary/aromatic N) is 3. The summed E-state index contributed by atoms with van der Waals surface area (Å²) in [6.07, 6.45) is 3.48. The zero-order chi connectivity index (χ0) is 20.5. The van der Waals surface area contributed by atoms with Gasteiger partial charge in [-0.2, -0.15) is 0 Å². The van der Waals surface area contributed by atoms with Crippen LogP contribution >= 0.6 is 34.7 Å². The molecule has 0 aliphatic heterocycles. The highest BCUT2D eigenvalue weighted by Gasteiger charge is 2.23. The predicted molar refractivity (Wildman–Crippen MR) is 121 cm³/mol. The van der Waals surface area contributed by atoms with Gasteiger partial charge in [-0.3, -0.25) is 4.79 Å². The minimum atomic E-state index is -0.0909. The van der Waals surface area contributed by atoms with Gasteiger partial charge in [0.1, 0.15) is 0 Å². The summed E-state index contributed by atoms with van der Waals surface area (Å²) < 4.78 is 1.99. The third kappa shape index (κ3) is 4.22. The molecule has 0 fully saturated rings. The van der Waals surface area contributed by atoms with Crippen molar-refractivity contribution < 1.29 is 4.79 Å². The molecule has 0 radical (unpaired) electrons. The van der Waals surface area contributed by atoms with Crippen LogP contribution in [-0.2, 0) is 24.7 Å². The van der Waals surface area contributed by atoms with E-state index < -0.39 is 0 Å². The molecular formula is C21H23ClN4OS2. The van der Waals surface area contributed by atoms with E-state index in [0.717, 1.165) is 41.0 Å². The number of aromatic nitrogens is 3. The lowest BCUT2D eigenvalue weighted by atomic mass is 9.88. The summed E-state index contributed by atoms with van der Waals surface area (Å²) in [6.45, 7) is 4.21. The van der Waals surface area contributed by atoms with Crippen molar-refractivity contribution in [3.8, 4) is 11.4 Å². The van der Waals surface area contributed by atoms with E-state index in [1.54, 1.807) is 0 Å². The predicted octanol–water partition coefficient (Wildman–Crippen LogP) is 5.36. The number of carbonyl (C=O) groups excluding carboxylic acids is 1. The number of hydrogen-bond donors (Lipinski definition) is 1. The quantitative estimate of drug-likeness (QED) is 0.536. The average molecular weight is 447 g/mol. The molecule has 152 valence electrons. The van der Waals surface area contributed by atoms with E-state index >= 15 is 0 Å². The molecule has 1 amide bonds. The molecule has 2 heterocycles. The van der Waals surface area contributed by atoms with Gasteiger partial charge in [0, 0.05) is 33.6 Å². The Labute approximate surface area is 183 Å². The summed E-state index contributed by atoms with van der Waals surface area (Å²) in [5.41, 5.74) is 4.22. The smallest absolute Gasteiger partial charge is 0.234 e. The van der Waals surface area contributed by atoms with Crippen LogP contribution in [0.5, 0.6) is 0 Å². The molecule has 0 spiro atoms. The molecule has 2 aromatic heterocycles. The molecule has 0 saturated heterocycles. The fraction of sp³-hybridized carbons (Fsp3) is 0.381. The number of thiophene rings is 1. The third-order valence-electron chi connectivity index (χ3n) is 5.35. The molecule has 1 aliphatic rings. The van der Waals surface area contributed by atoms with Crippen LogP contribution in [-0.4, -0.2) is 26.4 Å². The lowest BCUT2D eigenvalue weighted by Gasteiger charge is -2.18. The fourth-order valence-corrected chi connectivity index (χ4v) is 5.73. The van der Waals surface area contributed by atoms with Crippen molar-refractivity contribution in [3.05, 3.63) is 44.6 Å². The summed E-state index contributed by atoms with van der Waals surface area (Å²) in [5.74, 6) is 1.80. The van der Waals surface area contributed by atoms with E-state index in [4.69, 9.17) is 11.6 Å². The summed E-state index contributed by atoms with van der Waals surface area (Å²) in [4.78, 5) is 13.9. The van der Waals surface area contributed by atoms with Gasteiger partial charge in [0.25, 0.3) is 0 Å². The summed E-state index contributed by atoms with van der Waals surface area (Å²) >= 11 is 9.34. The molecule has 1 N–H and O–H groups in total. The second-order valence-corrected chi connectivity index (χ2v) is 9.83. The van der Waals surface area contributed by atoms with E-state index in [9.17, 15) is 4.79 Å². The number of halogens is 1. The Balaban J connectivity index is 1.44. The zero-order valence-corrected chi connectivity index (χ0v) is 19.0. The number of anilines is 1. The minimum absolute atomic E-state index is 0.0909. The van der Waals surface area contributed by atoms with Gasteiger partial charge in [-0.05, 0) is 55.4 Å². The van der Waals surface area contributed by atoms with Crippen LogP contribution in [0.3, 0.4) is 0 Å². The normalized spacial score (nSPS) is 15.9. The van der Waals surface area contributed by atoms with Crippen molar-refractivity contribution >= 4 is 46.3 Å². The number of benzene rings is 1. The van der Waals surface area contributed by atoms with E-state index in [-0.39, 0.29) is 11.7 Å². The highest BCUT2D eigenvalue weighted by Crippen LogP contribution is 2.38. The molecule has 3 aromatic rings. The molecule has 0 bridgehead atoms. The Bertz CT molecular complexity index is 1060. The lowest BCUT2D eigenvalue weighted by molar-refractivity contribution is -0.113. The molecule has 0 saturated carbocycles. The number of amides is 1. The van der Waals surface area contributed by atoms with Crippen LogP contribution in [0.1, 0.15) is 29.3 Å². The van der Waals surface area contributed by atoms with Crippen LogP contribution < -0.4 is 5.32 Å². The number of hydrogen-bond acceptors (Lipinski definition) is 5. The van der Waals surface area contributed by atoms with Crippen molar-refractivity contribution in [3.63, 3.8) is 0 Å². The number of fused-ring (bicyclic) bond motifs is 1. The first kappa shape index (κ1) is 20.4. The first-order valence-corrected chi connectivity index (χ1v) is 11.8. The van der Waals surface area contributed by atoms with Gasteiger partial charge < -0.3 is 9.88 Å². The van der Waals surface area contributed by atoms with E-state index in [1.807, 2.05) is 48.1 Å². The maximum absolute atomic E-state index is 12.4. The molecule has 8 heteroatoms. The first-order chi connectivity index (χ1) is 13.9. The fourth-order valence-electron chi connectivity index (χ4n) is 3.60. The topological polar surface area (TPSA) is 59.8 Å². The molecule has 1 atom stereocenters. The van der Waals surface area contributed by atoms with Crippen LogP contribution in [0.2, 0.25) is 5.02 Å². The van der Waals surface area contributed by atoms with E-state index in [0.29, 0.717) is 5.02 Å². The van der Waals surface area contributed by atoms with E-state index in [1.165, 1.54) is 34.2 Å². The van der Waals surface area contributed by atoms with Gasteiger partial charge in [-0.25, -0.2) is 0 Å². The molecule has 5 nitrogen and oxygen atoms in total. The molecular weight excluding hydrogens is 424 g/mol. The molecule has 1 aromatic carbocycles. The minimum Gasteiger partial charge on any atom is -0.325 e. The zero-order valence-electron chi connectivity index (χ0n) is 16.7. The summed E-state index contributed by atoms with van der Waals surface area (Å²) in [7, 11) is 1.96. The number of carbonyl (C=O) groups is 1. The summed E-state index contributed by atoms with van der Waals surface area (Å²) in [5, 5.41) is 15.3. The van der Waals surface area contributed by atoms with Crippen LogP contribution in [0.25, 0.3) is 11.4 Å². The van der Waals surface area contributed by atoms with Gasteiger partial charge in [0.2, 0.25) is 5.91 Å². The van der Waals surface area contributed by atoms with Crippen LogP contribution in [0.4, 0.5) is 5.69 Å². The maximum Gasteiger partial charge on any atom is 0.234 e. The van der Waals surface area contributed by atoms with Gasteiger partial charge in [-0.1, -0.05) is 36.4 Å². The van der Waals surface area contributed by atoms with E-state index in [2.05, 4.69) is 27.8 Å². The Kier molecular flexibility index (Phi) is 5.99. The molecule has 1 unspecified atom stereocenters. The molecule has 29 heavy (non-hydrogen) atoms. The van der Waals surface area contributed by atoms with Crippen molar-refractivity contribution in [1.82, 2.24) is 14.8 Å². The Hall–Kier alpha value is -1.83. The Morgan fingerprint density at radius 3 is 3.07 bits per heavy atom. The van der Waals surface area contributed by atoms with Crippen molar-refractivity contribution in [2.24, 2.45) is 13.0 Å². The Morgan fingerprint density at radius 1 is 1.41 bits per heavy atom. The largest absolute Gasteiger partial charge is 0.325 e. The standard InChI is InChI=1S/C21H23ClN4OS2/c1-12-7-8-14-15(10-28-18(14)9-12)20-24-25-21(26(20)3)29-11-19(27)23-17-6-4-5-16(22)13(17)2/h4-6,10,12H,7-9,11H2,1-3H3,(H,23,27). The molecule has 1 aliphatic carbocycles. The SMILES string of the molecule is Cc1c(Cl)cccc1NC(=O)CSc1nnc(-c2csc3c2CCC(C)C3)n1C. The van der Waals surface area contributed by atoms with Gasteiger partial charge in [0.15, 0.2) is 11.0 Å². The Morgan fingerprint density at radius 2 is 2.24 bits per heavy atom. The highest BCUT2D eigenvalue weighted by molar-refractivity contribution is 7.99. The van der Waals surface area contributed by atoms with Gasteiger partial charge >= 0.3 is 0 Å². The van der Waals surface area contributed by atoms with Gasteiger partial charge in [0.05, 0.1) is 5.75 Å². The van der Waals surface area contributed by atoms with Crippen molar-refractivity contribution in [2.45, 2.75) is 38.3 Å². The summed E-state index contributed by atoms with van der Waals surface area (Å²) in [6, 6.07) is 5.49. The first-order valence-electron chi connectivity index (χ1n) is 9.60. The number of rotatable bonds is 5. The monoisotopic (exact) mass is 446 g/mol. The molecule has 4 rings (SSSR count). The maximum atomic E-state index is 12.4. The van der Waals surface area contributed by atoms with Crippen molar-refractivity contribution in [2.75, 3.05) is 11.1 Å². The van der Waals surface area contributed by atoms with Crippen LogP contribution in [0, 0.1) is 12.8 Å². The van der Waals surface area contributed by atoms with Crippen LogP contribution in [0.15, 0.2) is 28.7 Å². The highest BCUT2D eigenvalue weighted by atomic mass is 35.5.